The van der Waals surface area contributed by atoms with Crippen LogP contribution in [0.3, 0.4) is 0 Å². The summed E-state index contributed by atoms with van der Waals surface area (Å²) in [5.74, 6) is -0.707. The van der Waals surface area contributed by atoms with Gasteiger partial charge in [0.1, 0.15) is 0 Å². The van der Waals surface area contributed by atoms with Crippen LogP contribution in [0.1, 0.15) is 43.0 Å². The molecule has 2 N–H and O–H groups in total. The first-order chi connectivity index (χ1) is 18.6. The lowest BCUT2D eigenvalue weighted by Crippen LogP contribution is -2.30. The maximum Gasteiger partial charge on any atom is 0.255 e. The molecular formula is C30H30N4O4S. The van der Waals surface area contributed by atoms with Crippen molar-refractivity contribution in [2.45, 2.75) is 26.9 Å². The number of anilines is 2. The molecule has 0 saturated heterocycles. The fraction of sp³-hybridized carbons (Fsp3) is 0.167. The predicted molar refractivity (Wildman–Crippen MR) is 153 cm³/mol. The topological polar surface area (TPSA) is 108 Å². The highest BCUT2D eigenvalue weighted by atomic mass is 32.2. The summed E-state index contributed by atoms with van der Waals surface area (Å²) >= 11 is 0. The number of amides is 2. The first kappa shape index (κ1) is 27.5. The van der Waals surface area contributed by atoms with E-state index < -0.39 is 10.0 Å². The van der Waals surface area contributed by atoms with Crippen molar-refractivity contribution in [2.75, 3.05) is 15.9 Å². The fourth-order valence-electron chi connectivity index (χ4n) is 4.06. The Balaban J connectivity index is 1.47. The monoisotopic (exact) mass is 542 g/mol. The van der Waals surface area contributed by atoms with Gasteiger partial charge in [-0.1, -0.05) is 42.5 Å². The van der Waals surface area contributed by atoms with E-state index in [0.717, 1.165) is 22.3 Å². The zero-order valence-electron chi connectivity index (χ0n) is 22.0. The molecular weight excluding hydrogens is 512 g/mol. The van der Waals surface area contributed by atoms with Crippen molar-refractivity contribution in [2.24, 2.45) is 0 Å². The van der Waals surface area contributed by atoms with Gasteiger partial charge in [-0.25, -0.2) is 8.42 Å². The van der Waals surface area contributed by atoms with Gasteiger partial charge < -0.3 is 10.6 Å². The van der Waals surface area contributed by atoms with Crippen LogP contribution in [0.15, 0.2) is 91.3 Å². The Morgan fingerprint density at radius 2 is 1.62 bits per heavy atom. The van der Waals surface area contributed by atoms with Crippen molar-refractivity contribution in [3.05, 3.63) is 125 Å². The Bertz CT molecular complexity index is 1590. The summed E-state index contributed by atoms with van der Waals surface area (Å²) in [4.78, 5) is 29.9. The largest absolute Gasteiger partial charge is 0.348 e. The molecule has 1 aromatic heterocycles. The summed E-state index contributed by atoms with van der Waals surface area (Å²) in [5, 5.41) is 5.65. The molecule has 8 nitrogen and oxygen atoms in total. The van der Waals surface area contributed by atoms with Crippen molar-refractivity contribution in [1.82, 2.24) is 10.3 Å². The van der Waals surface area contributed by atoms with E-state index in [1.807, 2.05) is 38.1 Å². The molecule has 0 aliphatic heterocycles. The number of sulfonamides is 1. The van der Waals surface area contributed by atoms with Gasteiger partial charge in [0, 0.05) is 24.5 Å². The van der Waals surface area contributed by atoms with Crippen molar-refractivity contribution >= 4 is 33.2 Å². The molecule has 1 heterocycles. The highest BCUT2D eigenvalue weighted by Crippen LogP contribution is 2.26. The lowest BCUT2D eigenvalue weighted by Gasteiger charge is -2.25. The SMILES string of the molecule is Cc1ccc(C)c(N(Cc2ccc(C(=O)Nc3ccccc3C(=O)NCc3cccnc3)cc2)S(C)(=O)=O)c1. The Labute approximate surface area is 228 Å². The summed E-state index contributed by atoms with van der Waals surface area (Å²) in [5.41, 5.74) is 5.12. The average molecular weight is 543 g/mol. The number of nitrogens with one attached hydrogen (secondary N) is 2. The first-order valence-electron chi connectivity index (χ1n) is 12.3. The number of pyridine rings is 1. The second kappa shape index (κ2) is 11.9. The molecule has 0 radical (unpaired) electrons. The highest BCUT2D eigenvalue weighted by Gasteiger charge is 2.20. The predicted octanol–water partition coefficient (Wildman–Crippen LogP) is 4.85. The maximum absolute atomic E-state index is 13.0. The molecule has 9 heteroatoms. The number of nitrogens with zero attached hydrogens (tertiary/aromatic N) is 2. The molecule has 200 valence electrons. The minimum absolute atomic E-state index is 0.130. The van der Waals surface area contributed by atoms with Crippen LogP contribution in [0.5, 0.6) is 0 Å². The van der Waals surface area contributed by atoms with E-state index in [1.165, 1.54) is 10.6 Å². The second-order valence-corrected chi connectivity index (χ2v) is 11.2. The molecule has 0 spiro atoms. The molecule has 0 atom stereocenters. The number of carbonyl (C=O) groups is 2. The van der Waals surface area contributed by atoms with Gasteiger partial charge >= 0.3 is 0 Å². The molecule has 2 amide bonds. The van der Waals surface area contributed by atoms with Gasteiger partial charge in [0.15, 0.2) is 0 Å². The molecule has 0 aliphatic rings. The van der Waals surface area contributed by atoms with E-state index in [1.54, 1.807) is 67.0 Å². The summed E-state index contributed by atoms with van der Waals surface area (Å²) in [6, 6.07) is 22.9. The summed E-state index contributed by atoms with van der Waals surface area (Å²) in [6.45, 7) is 4.23. The summed E-state index contributed by atoms with van der Waals surface area (Å²) < 4.78 is 26.6. The number of carbonyl (C=O) groups excluding carboxylic acids is 2. The number of aryl methyl sites for hydroxylation is 2. The lowest BCUT2D eigenvalue weighted by atomic mass is 10.1. The van der Waals surface area contributed by atoms with E-state index in [9.17, 15) is 18.0 Å². The van der Waals surface area contributed by atoms with Crippen LogP contribution in [0.4, 0.5) is 11.4 Å². The van der Waals surface area contributed by atoms with Crippen molar-refractivity contribution < 1.29 is 18.0 Å². The molecule has 3 aromatic carbocycles. The van der Waals surface area contributed by atoms with Crippen LogP contribution in [0.25, 0.3) is 0 Å². The van der Waals surface area contributed by atoms with Crippen molar-refractivity contribution in [3.8, 4) is 0 Å². The van der Waals surface area contributed by atoms with Gasteiger partial charge in [-0.3, -0.25) is 18.9 Å². The third-order valence-corrected chi connectivity index (χ3v) is 7.30. The number of hydrogen-bond acceptors (Lipinski definition) is 5. The van der Waals surface area contributed by atoms with E-state index in [-0.39, 0.29) is 18.4 Å². The van der Waals surface area contributed by atoms with E-state index in [0.29, 0.717) is 29.0 Å². The summed E-state index contributed by atoms with van der Waals surface area (Å²) in [7, 11) is -3.55. The molecule has 0 aliphatic carbocycles. The highest BCUT2D eigenvalue weighted by molar-refractivity contribution is 7.92. The van der Waals surface area contributed by atoms with Gasteiger partial charge in [0.25, 0.3) is 11.8 Å². The van der Waals surface area contributed by atoms with Crippen molar-refractivity contribution in [1.29, 1.82) is 0 Å². The quantitative estimate of drug-likeness (QED) is 0.314. The van der Waals surface area contributed by atoms with Crippen LogP contribution in [-0.2, 0) is 23.1 Å². The number of para-hydroxylation sites is 1. The third kappa shape index (κ3) is 7.08. The average Bonchev–Trinajstić information content (AvgIpc) is 2.92. The maximum atomic E-state index is 13.0. The number of aromatic nitrogens is 1. The molecule has 4 rings (SSSR count). The second-order valence-electron chi connectivity index (χ2n) is 9.30. The van der Waals surface area contributed by atoms with Gasteiger partial charge in [0.2, 0.25) is 10.0 Å². The number of benzene rings is 3. The number of hydrogen-bond donors (Lipinski definition) is 2. The van der Waals surface area contributed by atoms with Crippen LogP contribution in [0, 0.1) is 13.8 Å². The molecule has 0 fully saturated rings. The van der Waals surface area contributed by atoms with Gasteiger partial charge in [-0.2, -0.15) is 0 Å². The minimum Gasteiger partial charge on any atom is -0.348 e. The fourth-order valence-corrected chi connectivity index (χ4v) is 5.00. The van der Waals surface area contributed by atoms with Gasteiger partial charge in [-0.15, -0.1) is 0 Å². The van der Waals surface area contributed by atoms with Crippen LogP contribution in [0.2, 0.25) is 0 Å². The molecule has 39 heavy (non-hydrogen) atoms. The Hall–Kier alpha value is -4.50. The third-order valence-electron chi connectivity index (χ3n) is 6.17. The Kier molecular flexibility index (Phi) is 8.41. The van der Waals surface area contributed by atoms with E-state index >= 15 is 0 Å². The lowest BCUT2D eigenvalue weighted by molar-refractivity contribution is 0.0951. The molecule has 0 unspecified atom stereocenters. The van der Waals surface area contributed by atoms with Crippen LogP contribution >= 0.6 is 0 Å². The smallest absolute Gasteiger partial charge is 0.255 e. The van der Waals surface area contributed by atoms with E-state index in [4.69, 9.17) is 0 Å². The Morgan fingerprint density at radius 3 is 2.31 bits per heavy atom. The molecule has 4 aromatic rings. The standard InChI is InChI=1S/C30H30N4O4S/c1-21-10-11-22(2)28(17-21)34(39(3,37)38)20-23-12-14-25(15-13-23)29(35)33-27-9-5-4-8-26(27)30(36)32-19-24-7-6-16-31-18-24/h4-18H,19-20H2,1-3H3,(H,32,36)(H,33,35). The van der Waals surface area contributed by atoms with Crippen LogP contribution < -0.4 is 14.9 Å². The summed E-state index contributed by atoms with van der Waals surface area (Å²) in [6.07, 6.45) is 4.52. The molecule has 0 saturated carbocycles. The minimum atomic E-state index is -3.55. The zero-order chi connectivity index (χ0) is 28.0. The molecule has 0 bridgehead atoms. The normalized spacial score (nSPS) is 11.1. The number of rotatable bonds is 9. The van der Waals surface area contributed by atoms with Gasteiger partial charge in [0.05, 0.1) is 29.7 Å². The van der Waals surface area contributed by atoms with E-state index in [2.05, 4.69) is 15.6 Å². The van der Waals surface area contributed by atoms with Crippen LogP contribution in [-0.4, -0.2) is 31.5 Å². The van der Waals surface area contributed by atoms with Crippen molar-refractivity contribution in [3.63, 3.8) is 0 Å². The first-order valence-corrected chi connectivity index (χ1v) is 14.2. The zero-order valence-corrected chi connectivity index (χ0v) is 22.8. The van der Waals surface area contributed by atoms with Gasteiger partial charge in [-0.05, 0) is 72.5 Å². The Morgan fingerprint density at radius 1 is 0.872 bits per heavy atom.